The molecule has 0 saturated carbocycles. The lowest BCUT2D eigenvalue weighted by Gasteiger charge is -2.31. The average molecular weight is 331 g/mol. The van der Waals surface area contributed by atoms with E-state index in [0.29, 0.717) is 0 Å². The van der Waals surface area contributed by atoms with Crippen LogP contribution in [0.1, 0.15) is 34.5 Å². The number of nitrogens with zero attached hydrogens (tertiary/aromatic N) is 3. The molecular formula is C16H15ClN4S. The Morgan fingerprint density at radius 3 is 2.82 bits per heavy atom. The van der Waals surface area contributed by atoms with Gasteiger partial charge in [-0.05, 0) is 48.1 Å². The number of fused-ring (bicyclic) bond motifs is 1. The Balaban J connectivity index is 1.74. The standard InChI is InChI=1S/C16H15ClN4S/c1-10-6-7-22-15(10)14-8-13(11-2-4-12(17)5-3-11)20-16-18-9-19-21(14)16/h2-7,9,13-14H,8H2,1H3,(H,18,19,20)/t13-,14+/m0/s1. The summed E-state index contributed by atoms with van der Waals surface area (Å²) in [5.74, 6) is 0.823. The summed E-state index contributed by atoms with van der Waals surface area (Å²) in [5, 5.41) is 10.8. The van der Waals surface area contributed by atoms with E-state index in [1.807, 2.05) is 16.8 Å². The molecule has 6 heteroatoms. The van der Waals surface area contributed by atoms with Crippen molar-refractivity contribution in [1.82, 2.24) is 14.8 Å². The van der Waals surface area contributed by atoms with Gasteiger partial charge in [0.15, 0.2) is 0 Å². The number of nitrogens with one attached hydrogen (secondary N) is 1. The fourth-order valence-corrected chi connectivity index (χ4v) is 4.13. The molecule has 112 valence electrons. The van der Waals surface area contributed by atoms with Crippen LogP contribution >= 0.6 is 22.9 Å². The molecule has 3 aromatic rings. The fourth-order valence-electron chi connectivity index (χ4n) is 2.98. The van der Waals surface area contributed by atoms with Gasteiger partial charge in [0.1, 0.15) is 6.33 Å². The van der Waals surface area contributed by atoms with Crippen molar-refractivity contribution >= 4 is 28.9 Å². The molecule has 3 heterocycles. The molecule has 1 aromatic carbocycles. The van der Waals surface area contributed by atoms with Gasteiger partial charge in [-0.1, -0.05) is 23.7 Å². The zero-order valence-corrected chi connectivity index (χ0v) is 13.6. The van der Waals surface area contributed by atoms with Crippen molar-refractivity contribution in [3.05, 3.63) is 63.1 Å². The highest BCUT2D eigenvalue weighted by molar-refractivity contribution is 7.10. The van der Waals surface area contributed by atoms with E-state index in [0.717, 1.165) is 17.4 Å². The molecule has 4 nitrogen and oxygen atoms in total. The third-order valence-electron chi connectivity index (χ3n) is 4.11. The van der Waals surface area contributed by atoms with Gasteiger partial charge in [0.25, 0.3) is 0 Å². The van der Waals surface area contributed by atoms with Gasteiger partial charge in [0, 0.05) is 9.90 Å². The summed E-state index contributed by atoms with van der Waals surface area (Å²) in [6.07, 6.45) is 2.56. The van der Waals surface area contributed by atoms with Crippen LogP contribution in [-0.4, -0.2) is 14.8 Å². The molecule has 1 aliphatic heterocycles. The second-order valence-electron chi connectivity index (χ2n) is 5.50. The normalized spacial score (nSPS) is 20.5. The van der Waals surface area contributed by atoms with Gasteiger partial charge in [0.2, 0.25) is 5.95 Å². The number of rotatable bonds is 2. The Morgan fingerprint density at radius 1 is 1.27 bits per heavy atom. The summed E-state index contributed by atoms with van der Waals surface area (Å²) < 4.78 is 1.99. The first kappa shape index (κ1) is 13.8. The molecular weight excluding hydrogens is 316 g/mol. The zero-order chi connectivity index (χ0) is 15.1. The quantitative estimate of drug-likeness (QED) is 0.755. The van der Waals surface area contributed by atoms with E-state index in [2.05, 4.69) is 45.9 Å². The molecule has 0 spiro atoms. The molecule has 0 bridgehead atoms. The van der Waals surface area contributed by atoms with Crippen molar-refractivity contribution in [1.29, 1.82) is 0 Å². The third-order valence-corrected chi connectivity index (χ3v) is 5.48. The minimum absolute atomic E-state index is 0.209. The van der Waals surface area contributed by atoms with E-state index in [9.17, 15) is 0 Å². The Labute approximate surface area is 137 Å². The maximum absolute atomic E-state index is 6.00. The number of halogens is 1. The molecule has 0 aliphatic carbocycles. The number of benzene rings is 1. The van der Waals surface area contributed by atoms with Gasteiger partial charge in [-0.15, -0.1) is 11.3 Å². The van der Waals surface area contributed by atoms with E-state index in [1.165, 1.54) is 16.0 Å². The van der Waals surface area contributed by atoms with Crippen LogP contribution in [0.15, 0.2) is 42.0 Å². The van der Waals surface area contributed by atoms with E-state index in [-0.39, 0.29) is 12.1 Å². The van der Waals surface area contributed by atoms with Crippen molar-refractivity contribution in [3.8, 4) is 0 Å². The van der Waals surface area contributed by atoms with E-state index in [1.54, 1.807) is 17.7 Å². The monoisotopic (exact) mass is 330 g/mol. The molecule has 2 aromatic heterocycles. The second kappa shape index (κ2) is 5.41. The summed E-state index contributed by atoms with van der Waals surface area (Å²) in [6.45, 7) is 2.15. The Kier molecular flexibility index (Phi) is 3.39. The van der Waals surface area contributed by atoms with Gasteiger partial charge in [-0.2, -0.15) is 10.1 Å². The number of aryl methyl sites for hydroxylation is 1. The molecule has 0 radical (unpaired) electrons. The Hall–Kier alpha value is -1.85. The molecule has 22 heavy (non-hydrogen) atoms. The predicted octanol–water partition coefficient (Wildman–Crippen LogP) is 4.45. The van der Waals surface area contributed by atoms with Crippen molar-refractivity contribution < 1.29 is 0 Å². The average Bonchev–Trinajstić information content (AvgIpc) is 3.15. The SMILES string of the molecule is Cc1ccsc1[C@H]1C[C@@H](c2ccc(Cl)cc2)Nc2ncnn21. The molecule has 1 N–H and O–H groups in total. The number of anilines is 1. The van der Waals surface area contributed by atoms with Gasteiger partial charge >= 0.3 is 0 Å². The van der Waals surface area contributed by atoms with Crippen LogP contribution < -0.4 is 5.32 Å². The van der Waals surface area contributed by atoms with Crippen LogP contribution in [0.2, 0.25) is 5.02 Å². The van der Waals surface area contributed by atoms with Gasteiger partial charge < -0.3 is 5.32 Å². The molecule has 0 amide bonds. The first-order valence-corrected chi connectivity index (χ1v) is 8.43. The lowest BCUT2D eigenvalue weighted by atomic mass is 9.96. The van der Waals surface area contributed by atoms with Crippen LogP contribution in [-0.2, 0) is 0 Å². The highest BCUT2D eigenvalue weighted by Gasteiger charge is 2.31. The molecule has 2 atom stereocenters. The van der Waals surface area contributed by atoms with Crippen LogP contribution in [0.3, 0.4) is 0 Å². The van der Waals surface area contributed by atoms with Crippen molar-refractivity contribution in [2.24, 2.45) is 0 Å². The summed E-state index contributed by atoms with van der Waals surface area (Å²) in [4.78, 5) is 5.71. The number of aromatic nitrogens is 3. The Morgan fingerprint density at radius 2 is 2.09 bits per heavy atom. The minimum Gasteiger partial charge on any atom is -0.348 e. The number of hydrogen-bond acceptors (Lipinski definition) is 4. The zero-order valence-electron chi connectivity index (χ0n) is 12.0. The lowest BCUT2D eigenvalue weighted by Crippen LogP contribution is -2.27. The second-order valence-corrected chi connectivity index (χ2v) is 6.88. The fraction of sp³-hybridized carbons (Fsp3) is 0.250. The first-order valence-electron chi connectivity index (χ1n) is 7.18. The maximum atomic E-state index is 6.00. The first-order chi connectivity index (χ1) is 10.7. The van der Waals surface area contributed by atoms with E-state index in [4.69, 9.17) is 11.6 Å². The van der Waals surface area contributed by atoms with Crippen LogP contribution in [0.25, 0.3) is 0 Å². The van der Waals surface area contributed by atoms with E-state index >= 15 is 0 Å². The van der Waals surface area contributed by atoms with Gasteiger partial charge in [-0.25, -0.2) is 4.68 Å². The smallest absolute Gasteiger partial charge is 0.222 e. The summed E-state index contributed by atoms with van der Waals surface area (Å²) in [7, 11) is 0. The third kappa shape index (κ3) is 2.30. The molecule has 4 rings (SSSR count). The summed E-state index contributed by atoms with van der Waals surface area (Å²) >= 11 is 7.78. The number of thiophene rings is 1. The lowest BCUT2D eigenvalue weighted by molar-refractivity contribution is 0.435. The molecule has 0 unspecified atom stereocenters. The summed E-state index contributed by atoms with van der Waals surface area (Å²) in [5.41, 5.74) is 2.53. The van der Waals surface area contributed by atoms with E-state index < -0.39 is 0 Å². The highest BCUT2D eigenvalue weighted by atomic mass is 35.5. The van der Waals surface area contributed by atoms with Crippen molar-refractivity contribution in [2.45, 2.75) is 25.4 Å². The number of hydrogen-bond donors (Lipinski definition) is 1. The van der Waals surface area contributed by atoms with Gasteiger partial charge in [-0.3, -0.25) is 0 Å². The maximum Gasteiger partial charge on any atom is 0.222 e. The minimum atomic E-state index is 0.209. The van der Waals surface area contributed by atoms with Crippen LogP contribution in [0, 0.1) is 6.92 Å². The topological polar surface area (TPSA) is 42.7 Å². The van der Waals surface area contributed by atoms with Crippen molar-refractivity contribution in [3.63, 3.8) is 0 Å². The largest absolute Gasteiger partial charge is 0.348 e. The summed E-state index contributed by atoms with van der Waals surface area (Å²) in [6, 6.07) is 10.6. The van der Waals surface area contributed by atoms with Gasteiger partial charge in [0.05, 0.1) is 12.1 Å². The van der Waals surface area contributed by atoms with Crippen LogP contribution in [0.4, 0.5) is 5.95 Å². The highest BCUT2D eigenvalue weighted by Crippen LogP contribution is 2.40. The van der Waals surface area contributed by atoms with Crippen LogP contribution in [0.5, 0.6) is 0 Å². The molecule has 1 aliphatic rings. The van der Waals surface area contributed by atoms with Crippen molar-refractivity contribution in [2.75, 3.05) is 5.32 Å². The predicted molar refractivity (Wildman–Crippen MR) is 89.6 cm³/mol. The Bertz CT molecular complexity index is 793. The molecule has 0 saturated heterocycles. The molecule has 0 fully saturated rings.